The van der Waals surface area contributed by atoms with Crippen molar-refractivity contribution < 1.29 is 32.5 Å². The number of carbonyl (C=O) groups is 1. The zero-order valence-electron chi connectivity index (χ0n) is 30.1. The number of halogens is 1. The summed E-state index contributed by atoms with van der Waals surface area (Å²) in [6.45, 7) is 9.86. The van der Waals surface area contributed by atoms with Gasteiger partial charge in [-0.05, 0) is 111 Å². The molecule has 280 valence electrons. The lowest BCUT2D eigenvalue weighted by Gasteiger charge is -2.51. The molecule has 3 aliphatic heterocycles. The van der Waals surface area contributed by atoms with E-state index in [0.29, 0.717) is 51.3 Å². The fourth-order valence-corrected chi connectivity index (χ4v) is 10.9. The highest BCUT2D eigenvalue weighted by molar-refractivity contribution is 7.90. The number of aryl methyl sites for hydroxylation is 1. The van der Waals surface area contributed by atoms with Crippen molar-refractivity contribution in [2.75, 3.05) is 70.7 Å². The van der Waals surface area contributed by atoms with Gasteiger partial charge in [-0.25, -0.2) is 13.1 Å². The molecule has 1 saturated heterocycles. The van der Waals surface area contributed by atoms with Crippen molar-refractivity contribution >= 4 is 33.2 Å². The molecular weight excluding hydrogens is 690 g/mol. The van der Waals surface area contributed by atoms with Gasteiger partial charge < -0.3 is 24.2 Å². The Bertz CT molecular complexity index is 1690. The first-order valence-electron chi connectivity index (χ1n) is 18.9. The number of fused-ring (bicyclic) bond motifs is 4. The number of sulfonamides is 1. The summed E-state index contributed by atoms with van der Waals surface area (Å²) in [5.74, 6) is 0.227. The normalized spacial score (nSPS) is 32.9. The molecule has 7 rings (SSSR count). The fraction of sp³-hybridized carbons (Fsp3) is 0.667. The number of anilines is 1. The van der Waals surface area contributed by atoms with Crippen molar-refractivity contribution in [1.82, 2.24) is 9.62 Å². The Hall–Kier alpha value is -2.41. The van der Waals surface area contributed by atoms with Gasteiger partial charge in [-0.1, -0.05) is 31.0 Å². The number of aliphatic hydroxyl groups is 1. The van der Waals surface area contributed by atoms with Crippen molar-refractivity contribution in [1.29, 1.82) is 0 Å². The number of hydrogen-bond donors (Lipinski definition) is 2. The summed E-state index contributed by atoms with van der Waals surface area (Å²) in [6.07, 6.45) is 6.88. The molecule has 6 atom stereocenters. The van der Waals surface area contributed by atoms with E-state index in [2.05, 4.69) is 26.7 Å². The molecule has 5 aliphatic rings. The minimum Gasteiger partial charge on any atom is -0.490 e. The van der Waals surface area contributed by atoms with Crippen molar-refractivity contribution in [3.05, 3.63) is 58.1 Å². The second-order valence-electron chi connectivity index (χ2n) is 15.8. The first-order chi connectivity index (χ1) is 24.5. The summed E-state index contributed by atoms with van der Waals surface area (Å²) in [7, 11) is -3.96. The van der Waals surface area contributed by atoms with Crippen LogP contribution in [0.1, 0.15) is 80.3 Å². The number of benzene rings is 2. The third-order valence-electron chi connectivity index (χ3n) is 12.8. The molecule has 1 saturated carbocycles. The molecule has 2 aromatic carbocycles. The van der Waals surface area contributed by atoms with E-state index in [9.17, 15) is 18.3 Å². The van der Waals surface area contributed by atoms with Crippen molar-refractivity contribution in [2.24, 2.45) is 17.8 Å². The molecule has 0 unspecified atom stereocenters. The van der Waals surface area contributed by atoms with E-state index >= 15 is 0 Å². The van der Waals surface area contributed by atoms with E-state index < -0.39 is 26.8 Å². The number of morpholine rings is 1. The molecule has 1 spiro atoms. The lowest BCUT2D eigenvalue weighted by Crippen LogP contribution is -2.56. The predicted molar refractivity (Wildman–Crippen MR) is 198 cm³/mol. The van der Waals surface area contributed by atoms with Crippen LogP contribution in [0.5, 0.6) is 5.75 Å². The summed E-state index contributed by atoms with van der Waals surface area (Å²) < 4.78 is 48.5. The molecule has 3 heterocycles. The van der Waals surface area contributed by atoms with Gasteiger partial charge in [0.25, 0.3) is 5.91 Å². The first kappa shape index (κ1) is 36.9. The summed E-state index contributed by atoms with van der Waals surface area (Å²) in [6, 6.07) is 11.5. The van der Waals surface area contributed by atoms with E-state index in [1.807, 2.05) is 19.1 Å². The summed E-state index contributed by atoms with van der Waals surface area (Å²) in [4.78, 5) is 18.3. The van der Waals surface area contributed by atoms with Gasteiger partial charge in [0.05, 0.1) is 49.6 Å². The maximum Gasteiger partial charge on any atom is 0.264 e. The fourth-order valence-electron chi connectivity index (χ4n) is 9.37. The van der Waals surface area contributed by atoms with E-state index in [-0.39, 0.29) is 35.3 Å². The Labute approximate surface area is 308 Å². The second-order valence-corrected chi connectivity index (χ2v) is 18.3. The Morgan fingerprint density at radius 1 is 1.06 bits per heavy atom. The molecule has 2 fully saturated rings. The number of rotatable bonds is 5. The molecule has 12 heteroatoms. The van der Waals surface area contributed by atoms with Gasteiger partial charge in [0.15, 0.2) is 0 Å². The monoisotopic (exact) mass is 743 g/mol. The lowest BCUT2D eigenvalue weighted by atomic mass is 9.63. The van der Waals surface area contributed by atoms with Gasteiger partial charge in [0.1, 0.15) is 5.75 Å². The van der Waals surface area contributed by atoms with Crippen LogP contribution in [0.4, 0.5) is 5.69 Å². The third-order valence-corrected chi connectivity index (χ3v) is 14.9. The Balaban J connectivity index is 1.26. The van der Waals surface area contributed by atoms with Crippen LogP contribution in [0.15, 0.2) is 36.4 Å². The molecular formula is C39H54ClN3O7S. The SMILES string of the molecule is C[C@@H]1[C@@H](C)CCC[C@](CO)(OCCN2CCOCC2)[C@@H]2CC[C@H]2CN2C[C@@]3(CCCc4cc(Cl)ccc43)COc3ccc(cc32)C(=O)NS1(=O)=O. The van der Waals surface area contributed by atoms with Gasteiger partial charge in [0.2, 0.25) is 10.0 Å². The molecule has 10 nitrogen and oxygen atoms in total. The average molecular weight is 744 g/mol. The molecule has 51 heavy (non-hydrogen) atoms. The van der Waals surface area contributed by atoms with Gasteiger partial charge in [-0.15, -0.1) is 0 Å². The molecule has 0 radical (unpaired) electrons. The molecule has 2 aromatic rings. The van der Waals surface area contributed by atoms with Crippen LogP contribution >= 0.6 is 11.6 Å². The van der Waals surface area contributed by atoms with Gasteiger partial charge in [-0.3, -0.25) is 9.69 Å². The van der Waals surface area contributed by atoms with Gasteiger partial charge in [0, 0.05) is 48.7 Å². The zero-order chi connectivity index (χ0) is 35.8. The van der Waals surface area contributed by atoms with Crippen molar-refractivity contribution in [3.8, 4) is 5.75 Å². The zero-order valence-corrected chi connectivity index (χ0v) is 31.7. The Morgan fingerprint density at radius 3 is 2.65 bits per heavy atom. The predicted octanol–water partition coefficient (Wildman–Crippen LogP) is 5.19. The van der Waals surface area contributed by atoms with Crippen molar-refractivity contribution in [2.45, 2.75) is 81.5 Å². The maximum absolute atomic E-state index is 13.6. The standard InChI is InChI=1S/C39H54ClN3O7S/c1-27-5-3-14-39(25-44,50-20-17-42-15-18-48-19-16-42)34-10-7-31(34)23-43-24-38(13-4-6-29-21-32(40)9-11-33(29)38)26-49-36-12-8-30(22-35(36)43)37(45)41-51(46,47)28(27)2/h8-9,11-12,21-22,27-28,31,34,44H,3-7,10,13-20,23-26H2,1-2H3,(H,41,45)/t27-,28+,31-,34+,38-,39+/m0/s1. The van der Waals surface area contributed by atoms with Crippen LogP contribution in [0.3, 0.4) is 0 Å². The smallest absolute Gasteiger partial charge is 0.264 e. The maximum atomic E-state index is 13.6. The Kier molecular flexibility index (Phi) is 11.0. The quantitative estimate of drug-likeness (QED) is 0.427. The average Bonchev–Trinajstić information content (AvgIpc) is 3.26. The highest BCUT2D eigenvalue weighted by atomic mass is 35.5. The number of ether oxygens (including phenoxy) is 3. The minimum atomic E-state index is -3.96. The highest BCUT2D eigenvalue weighted by Crippen LogP contribution is 2.50. The van der Waals surface area contributed by atoms with E-state index in [0.717, 1.165) is 75.7 Å². The third kappa shape index (κ3) is 7.53. The lowest BCUT2D eigenvalue weighted by molar-refractivity contribution is -0.163. The van der Waals surface area contributed by atoms with Crippen LogP contribution in [-0.2, 0) is 31.3 Å². The van der Waals surface area contributed by atoms with Crippen LogP contribution < -0.4 is 14.4 Å². The number of amides is 1. The molecule has 2 aliphatic carbocycles. The van der Waals surface area contributed by atoms with Crippen LogP contribution in [0, 0.1) is 17.8 Å². The van der Waals surface area contributed by atoms with Crippen LogP contribution in [0.25, 0.3) is 0 Å². The summed E-state index contributed by atoms with van der Waals surface area (Å²) >= 11 is 6.47. The molecule has 0 aromatic heterocycles. The van der Waals surface area contributed by atoms with Gasteiger partial charge >= 0.3 is 0 Å². The van der Waals surface area contributed by atoms with Crippen LogP contribution in [0.2, 0.25) is 5.02 Å². The van der Waals surface area contributed by atoms with E-state index in [1.54, 1.807) is 19.1 Å². The topological polar surface area (TPSA) is 118 Å². The molecule has 2 bridgehead atoms. The number of carbonyl (C=O) groups excluding carboxylic acids is 1. The van der Waals surface area contributed by atoms with Crippen LogP contribution in [-0.4, -0.2) is 101 Å². The number of aliphatic hydroxyl groups excluding tert-OH is 1. The molecule has 1 amide bonds. The molecule has 2 N–H and O–H groups in total. The number of hydrogen-bond acceptors (Lipinski definition) is 9. The van der Waals surface area contributed by atoms with E-state index in [4.69, 9.17) is 25.8 Å². The summed E-state index contributed by atoms with van der Waals surface area (Å²) in [5.41, 5.74) is 2.55. The van der Waals surface area contributed by atoms with Gasteiger partial charge in [-0.2, -0.15) is 0 Å². The summed E-state index contributed by atoms with van der Waals surface area (Å²) in [5, 5.41) is 11.2. The van der Waals surface area contributed by atoms with E-state index in [1.165, 1.54) is 11.1 Å². The Morgan fingerprint density at radius 2 is 1.88 bits per heavy atom. The second kappa shape index (κ2) is 15.1. The minimum absolute atomic E-state index is 0.0858. The largest absolute Gasteiger partial charge is 0.490 e. The van der Waals surface area contributed by atoms with Crippen molar-refractivity contribution in [3.63, 3.8) is 0 Å². The number of nitrogens with zero attached hydrogens (tertiary/aromatic N) is 2. The first-order valence-corrected chi connectivity index (χ1v) is 20.9. The number of nitrogens with one attached hydrogen (secondary N) is 1. The highest BCUT2D eigenvalue weighted by Gasteiger charge is 2.50.